The second-order valence-corrected chi connectivity index (χ2v) is 6.32. The van der Waals surface area contributed by atoms with Gasteiger partial charge in [-0.15, -0.1) is 0 Å². The highest BCUT2D eigenvalue weighted by Crippen LogP contribution is 2.33. The first kappa shape index (κ1) is 14.3. The number of benzene rings is 1. The van der Waals surface area contributed by atoms with Crippen LogP contribution in [0, 0.1) is 14.9 Å². The first-order chi connectivity index (χ1) is 9.09. The van der Waals surface area contributed by atoms with Crippen LogP contribution >= 0.6 is 22.6 Å². The normalized spacial score (nSPS) is 17.5. The fourth-order valence-corrected chi connectivity index (χ4v) is 3.21. The molecule has 0 radical (unpaired) electrons. The summed E-state index contributed by atoms with van der Waals surface area (Å²) in [5.41, 5.74) is 0.0472. The Hall–Kier alpha value is -1.09. The van der Waals surface area contributed by atoms with Gasteiger partial charge in [0.25, 0.3) is 5.91 Å². The van der Waals surface area contributed by atoms with Crippen LogP contribution in [0.5, 0.6) is 0 Å². The molecule has 1 saturated carbocycles. The molecule has 3 nitrogen and oxygen atoms in total. The van der Waals surface area contributed by atoms with E-state index in [9.17, 15) is 10.1 Å². The average Bonchev–Trinajstić information content (AvgIpc) is 2.46. The van der Waals surface area contributed by atoms with Crippen LogP contribution in [0.25, 0.3) is 0 Å². The van der Waals surface area contributed by atoms with Crippen molar-refractivity contribution in [3.8, 4) is 6.07 Å². The molecule has 0 atom stereocenters. The van der Waals surface area contributed by atoms with Crippen molar-refractivity contribution in [2.45, 2.75) is 37.6 Å². The van der Waals surface area contributed by atoms with E-state index < -0.39 is 5.54 Å². The van der Waals surface area contributed by atoms with E-state index in [1.807, 2.05) is 24.3 Å². The summed E-state index contributed by atoms with van der Waals surface area (Å²) in [6.45, 7) is 0. The summed E-state index contributed by atoms with van der Waals surface area (Å²) in [6, 6.07) is 9.90. The number of halogens is 1. The summed E-state index contributed by atoms with van der Waals surface area (Å²) >= 11 is 2.19. The largest absolute Gasteiger partial charge is 0.323 e. The number of nitrogens with zero attached hydrogens (tertiary/aromatic N) is 2. The van der Waals surface area contributed by atoms with Gasteiger partial charge in [0, 0.05) is 16.2 Å². The van der Waals surface area contributed by atoms with Crippen LogP contribution in [0.15, 0.2) is 24.3 Å². The molecule has 19 heavy (non-hydrogen) atoms. The van der Waals surface area contributed by atoms with Gasteiger partial charge in [-0.3, -0.25) is 4.79 Å². The van der Waals surface area contributed by atoms with Crippen LogP contribution in [0.2, 0.25) is 0 Å². The second-order valence-electron chi connectivity index (χ2n) is 5.08. The van der Waals surface area contributed by atoms with Crippen molar-refractivity contribution >= 4 is 28.5 Å². The van der Waals surface area contributed by atoms with E-state index in [1.165, 1.54) is 0 Å². The van der Waals surface area contributed by atoms with Gasteiger partial charge in [0.05, 0.1) is 6.07 Å². The summed E-state index contributed by atoms with van der Waals surface area (Å²) in [5, 5.41) is 9.52. The Kier molecular flexibility index (Phi) is 4.46. The molecule has 1 aliphatic rings. The number of hydrogen-bond acceptors (Lipinski definition) is 2. The molecule has 0 aromatic heterocycles. The predicted molar refractivity (Wildman–Crippen MR) is 82.7 cm³/mol. The van der Waals surface area contributed by atoms with Crippen LogP contribution in [0.3, 0.4) is 0 Å². The highest BCUT2D eigenvalue weighted by Gasteiger charge is 2.39. The number of amides is 1. The topological polar surface area (TPSA) is 44.1 Å². The van der Waals surface area contributed by atoms with Gasteiger partial charge in [-0.1, -0.05) is 25.3 Å². The van der Waals surface area contributed by atoms with Gasteiger partial charge < -0.3 is 4.90 Å². The van der Waals surface area contributed by atoms with Gasteiger partial charge in [-0.25, -0.2) is 0 Å². The third kappa shape index (κ3) is 2.92. The third-order valence-electron chi connectivity index (χ3n) is 3.91. The van der Waals surface area contributed by atoms with Crippen LogP contribution in [0.4, 0.5) is 0 Å². The van der Waals surface area contributed by atoms with E-state index in [0.29, 0.717) is 5.56 Å². The lowest BCUT2D eigenvalue weighted by atomic mass is 9.81. The third-order valence-corrected chi connectivity index (χ3v) is 4.58. The lowest BCUT2D eigenvalue weighted by molar-refractivity contribution is 0.0589. The van der Waals surface area contributed by atoms with E-state index in [1.54, 1.807) is 11.9 Å². The molecule has 4 heteroatoms. The minimum Gasteiger partial charge on any atom is -0.323 e. The molecule has 1 aromatic carbocycles. The molecule has 0 N–H and O–H groups in total. The van der Waals surface area contributed by atoms with Crippen LogP contribution in [0.1, 0.15) is 42.5 Å². The Morgan fingerprint density at radius 2 is 2.05 bits per heavy atom. The maximum absolute atomic E-state index is 12.5. The molecule has 0 saturated heterocycles. The lowest BCUT2D eigenvalue weighted by Gasteiger charge is -2.39. The van der Waals surface area contributed by atoms with Gasteiger partial charge in [0.15, 0.2) is 0 Å². The summed E-state index contributed by atoms with van der Waals surface area (Å²) < 4.78 is 1.03. The highest BCUT2D eigenvalue weighted by atomic mass is 127. The Morgan fingerprint density at radius 3 is 2.63 bits per heavy atom. The Bertz CT molecular complexity index is 515. The SMILES string of the molecule is CN(C(=O)c1cccc(I)c1)C1(C#N)CCCCC1. The molecule has 0 spiro atoms. The van der Waals surface area contributed by atoms with Crippen molar-refractivity contribution in [2.24, 2.45) is 0 Å². The standard InChI is InChI=1S/C15H17IN2O/c1-18(15(11-17)8-3-2-4-9-15)14(19)12-6-5-7-13(16)10-12/h5-7,10H,2-4,8-9H2,1H3. The first-order valence-electron chi connectivity index (χ1n) is 6.54. The molecule has 0 heterocycles. The van der Waals surface area contributed by atoms with Crippen molar-refractivity contribution < 1.29 is 4.79 Å². The number of nitriles is 1. The smallest absolute Gasteiger partial charge is 0.254 e. The molecular formula is C15H17IN2O. The van der Waals surface area contributed by atoms with Gasteiger partial charge in [0.2, 0.25) is 0 Å². The van der Waals surface area contributed by atoms with Crippen molar-refractivity contribution in [3.63, 3.8) is 0 Å². The quantitative estimate of drug-likeness (QED) is 0.749. The molecular weight excluding hydrogens is 351 g/mol. The number of carbonyl (C=O) groups is 1. The number of carbonyl (C=O) groups excluding carboxylic acids is 1. The summed E-state index contributed by atoms with van der Waals surface area (Å²) in [5.74, 6) is -0.0537. The Morgan fingerprint density at radius 1 is 1.37 bits per heavy atom. The van der Waals surface area contributed by atoms with Crippen molar-refractivity contribution in [1.82, 2.24) is 4.90 Å². The molecule has 100 valence electrons. The summed E-state index contributed by atoms with van der Waals surface area (Å²) in [7, 11) is 1.76. The molecule has 0 aliphatic heterocycles. The monoisotopic (exact) mass is 368 g/mol. The van der Waals surface area contributed by atoms with Gasteiger partial charge >= 0.3 is 0 Å². The zero-order valence-electron chi connectivity index (χ0n) is 11.0. The van der Waals surface area contributed by atoms with E-state index in [0.717, 1.165) is 35.7 Å². The fourth-order valence-electron chi connectivity index (χ4n) is 2.67. The van der Waals surface area contributed by atoms with Crippen LogP contribution in [-0.4, -0.2) is 23.4 Å². The maximum Gasteiger partial charge on any atom is 0.254 e. The van der Waals surface area contributed by atoms with Crippen molar-refractivity contribution in [1.29, 1.82) is 5.26 Å². The molecule has 0 bridgehead atoms. The van der Waals surface area contributed by atoms with E-state index >= 15 is 0 Å². The zero-order chi connectivity index (χ0) is 13.9. The van der Waals surface area contributed by atoms with Gasteiger partial charge in [-0.05, 0) is 53.6 Å². The van der Waals surface area contributed by atoms with Crippen molar-refractivity contribution in [3.05, 3.63) is 33.4 Å². The second kappa shape index (κ2) is 5.91. The first-order valence-corrected chi connectivity index (χ1v) is 7.62. The fraction of sp³-hybridized carbons (Fsp3) is 0.467. The van der Waals surface area contributed by atoms with E-state index in [4.69, 9.17) is 0 Å². The molecule has 1 aliphatic carbocycles. The minimum absolute atomic E-state index is 0.0537. The zero-order valence-corrected chi connectivity index (χ0v) is 13.2. The lowest BCUT2D eigenvalue weighted by Crippen LogP contribution is -2.49. The minimum atomic E-state index is -0.614. The van der Waals surface area contributed by atoms with E-state index in [-0.39, 0.29) is 5.91 Å². The van der Waals surface area contributed by atoms with Gasteiger partial charge in [-0.2, -0.15) is 5.26 Å². The molecule has 0 unspecified atom stereocenters. The van der Waals surface area contributed by atoms with E-state index in [2.05, 4.69) is 28.7 Å². The number of rotatable bonds is 2. The van der Waals surface area contributed by atoms with Crippen molar-refractivity contribution in [2.75, 3.05) is 7.05 Å². The predicted octanol–water partition coefficient (Wildman–Crippen LogP) is 3.59. The highest BCUT2D eigenvalue weighted by molar-refractivity contribution is 14.1. The Balaban J connectivity index is 2.25. The summed E-state index contributed by atoms with van der Waals surface area (Å²) in [4.78, 5) is 14.2. The average molecular weight is 368 g/mol. The molecule has 1 aromatic rings. The van der Waals surface area contributed by atoms with Gasteiger partial charge in [0.1, 0.15) is 5.54 Å². The molecule has 1 amide bonds. The Labute approximate surface area is 127 Å². The summed E-state index contributed by atoms with van der Waals surface area (Å²) in [6.07, 6.45) is 4.79. The molecule has 2 rings (SSSR count). The molecule has 1 fully saturated rings. The van der Waals surface area contributed by atoms with Crippen LogP contribution in [-0.2, 0) is 0 Å². The number of hydrogen-bond donors (Lipinski definition) is 0. The van der Waals surface area contributed by atoms with Crippen LogP contribution < -0.4 is 0 Å². The maximum atomic E-state index is 12.5.